The minimum atomic E-state index is -4.47. The zero-order chi connectivity index (χ0) is 12.8. The van der Waals surface area contributed by atoms with Crippen LogP contribution in [0.4, 0.5) is 18.9 Å². The van der Waals surface area contributed by atoms with Crippen LogP contribution in [0, 0.1) is 0 Å². The van der Waals surface area contributed by atoms with Crippen molar-refractivity contribution in [1.82, 2.24) is 14.1 Å². The number of anilines is 1. The van der Waals surface area contributed by atoms with Gasteiger partial charge in [0.15, 0.2) is 0 Å². The highest BCUT2D eigenvalue weighted by atomic mass is 19.4. The van der Waals surface area contributed by atoms with Crippen LogP contribution in [0.15, 0.2) is 17.3 Å². The number of aryl methyl sites for hydroxylation is 1. The van der Waals surface area contributed by atoms with Crippen molar-refractivity contribution in [2.24, 2.45) is 7.05 Å². The number of hydrogen-bond acceptors (Lipinski definition) is 3. The summed E-state index contributed by atoms with van der Waals surface area (Å²) in [6, 6.07) is 0. The van der Waals surface area contributed by atoms with Crippen molar-refractivity contribution in [3.8, 4) is 0 Å². The Morgan fingerprint density at radius 3 is 2.71 bits per heavy atom. The molecule has 0 spiro atoms. The summed E-state index contributed by atoms with van der Waals surface area (Å²) >= 11 is 0. The summed E-state index contributed by atoms with van der Waals surface area (Å²) in [7, 11) is 1.61. The number of nitrogens with zero attached hydrogens (tertiary/aromatic N) is 3. The molecule has 0 fully saturated rings. The summed E-state index contributed by atoms with van der Waals surface area (Å²) < 4.78 is 38.6. The van der Waals surface area contributed by atoms with E-state index in [9.17, 15) is 18.0 Å². The number of rotatable bonds is 1. The van der Waals surface area contributed by atoms with Crippen LogP contribution in [-0.2, 0) is 13.6 Å². The highest BCUT2D eigenvalue weighted by Gasteiger charge is 2.29. The van der Waals surface area contributed by atoms with E-state index in [1.54, 1.807) is 7.05 Å². The van der Waals surface area contributed by atoms with E-state index in [1.165, 1.54) is 10.8 Å². The molecule has 0 bridgehead atoms. The summed E-state index contributed by atoms with van der Waals surface area (Å²) in [5, 5.41) is 0.0132. The van der Waals surface area contributed by atoms with Gasteiger partial charge in [-0.2, -0.15) is 13.2 Å². The van der Waals surface area contributed by atoms with Gasteiger partial charge in [-0.1, -0.05) is 0 Å². The molecule has 2 aromatic rings. The largest absolute Gasteiger partial charge is 0.406 e. The van der Waals surface area contributed by atoms with Gasteiger partial charge in [-0.15, -0.1) is 0 Å². The Hall–Kier alpha value is -1.99. The van der Waals surface area contributed by atoms with E-state index in [1.807, 2.05) is 0 Å². The van der Waals surface area contributed by atoms with E-state index >= 15 is 0 Å². The Balaban J connectivity index is 2.66. The molecule has 0 aliphatic heterocycles. The molecule has 0 atom stereocenters. The third kappa shape index (κ3) is 1.97. The molecule has 0 saturated carbocycles. The first-order valence-electron chi connectivity index (χ1n) is 4.66. The maximum absolute atomic E-state index is 12.2. The minimum Gasteiger partial charge on any atom is -0.397 e. The molecule has 0 saturated heterocycles. The van der Waals surface area contributed by atoms with E-state index in [-0.39, 0.29) is 16.7 Å². The quantitative estimate of drug-likeness (QED) is 0.812. The lowest BCUT2D eigenvalue weighted by Crippen LogP contribution is -2.28. The molecule has 2 rings (SSSR count). The van der Waals surface area contributed by atoms with Crippen molar-refractivity contribution < 1.29 is 13.2 Å². The average molecular weight is 246 g/mol. The molecule has 2 aromatic heterocycles. The minimum absolute atomic E-state index is 0.0132. The van der Waals surface area contributed by atoms with Crippen molar-refractivity contribution in [3.05, 3.63) is 22.9 Å². The number of aromatic nitrogens is 3. The number of hydrogen-bond donors (Lipinski definition) is 1. The zero-order valence-electron chi connectivity index (χ0n) is 8.82. The summed E-state index contributed by atoms with van der Waals surface area (Å²) in [6.45, 7) is -1.37. The molecule has 0 aliphatic rings. The molecule has 5 nitrogen and oxygen atoms in total. The second kappa shape index (κ2) is 3.51. The van der Waals surface area contributed by atoms with Crippen LogP contribution in [0.2, 0.25) is 0 Å². The molecule has 17 heavy (non-hydrogen) atoms. The first-order valence-corrected chi connectivity index (χ1v) is 4.66. The number of alkyl halides is 3. The van der Waals surface area contributed by atoms with Crippen LogP contribution in [0.3, 0.4) is 0 Å². The van der Waals surface area contributed by atoms with Gasteiger partial charge in [0, 0.05) is 13.2 Å². The van der Waals surface area contributed by atoms with Gasteiger partial charge in [-0.25, -0.2) is 4.98 Å². The van der Waals surface area contributed by atoms with Crippen LogP contribution >= 0.6 is 0 Å². The molecule has 0 aromatic carbocycles. The van der Waals surface area contributed by atoms with Gasteiger partial charge < -0.3 is 10.3 Å². The number of halogens is 3. The summed E-state index contributed by atoms with van der Waals surface area (Å²) in [6.07, 6.45) is -2.16. The molecule has 2 heterocycles. The smallest absolute Gasteiger partial charge is 0.397 e. The fourth-order valence-electron chi connectivity index (χ4n) is 1.64. The highest BCUT2D eigenvalue weighted by Crippen LogP contribution is 2.19. The number of fused-ring (bicyclic) bond motifs is 1. The number of nitrogen functional groups attached to an aromatic ring is 1. The summed E-state index contributed by atoms with van der Waals surface area (Å²) in [5.74, 6) is 0. The maximum Gasteiger partial charge on any atom is 0.406 e. The average Bonchev–Trinajstić information content (AvgIpc) is 2.45. The first-order chi connectivity index (χ1) is 7.79. The van der Waals surface area contributed by atoms with Crippen LogP contribution in [-0.4, -0.2) is 20.3 Å². The third-order valence-electron chi connectivity index (χ3n) is 2.32. The lowest BCUT2D eigenvalue weighted by molar-refractivity contribution is -0.141. The molecule has 2 N–H and O–H groups in total. The monoisotopic (exact) mass is 246 g/mol. The van der Waals surface area contributed by atoms with E-state index in [4.69, 9.17) is 5.73 Å². The second-order valence-electron chi connectivity index (χ2n) is 3.69. The zero-order valence-corrected chi connectivity index (χ0v) is 8.82. The third-order valence-corrected chi connectivity index (χ3v) is 2.32. The Labute approximate surface area is 93.3 Å². The van der Waals surface area contributed by atoms with Crippen molar-refractivity contribution in [2.45, 2.75) is 12.7 Å². The lowest BCUT2D eigenvalue weighted by Gasteiger charge is -2.08. The molecule has 92 valence electrons. The Morgan fingerprint density at radius 2 is 2.12 bits per heavy atom. The lowest BCUT2D eigenvalue weighted by atomic mass is 10.3. The predicted molar refractivity (Wildman–Crippen MR) is 55.4 cm³/mol. The molecule has 8 heteroatoms. The molecular formula is C9H9F3N4O. The topological polar surface area (TPSA) is 65.8 Å². The Morgan fingerprint density at radius 1 is 1.47 bits per heavy atom. The van der Waals surface area contributed by atoms with Gasteiger partial charge in [0.1, 0.15) is 23.9 Å². The highest BCUT2D eigenvalue weighted by molar-refractivity contribution is 5.88. The molecular weight excluding hydrogens is 237 g/mol. The predicted octanol–water partition coefficient (Wildman–Crippen LogP) is 0.879. The van der Waals surface area contributed by atoms with E-state index in [0.717, 1.165) is 6.33 Å². The number of nitrogens with two attached hydrogens (primary N) is 1. The normalized spacial score (nSPS) is 12.2. The van der Waals surface area contributed by atoms with Gasteiger partial charge in [-0.3, -0.25) is 9.36 Å². The van der Waals surface area contributed by atoms with Gasteiger partial charge in [0.05, 0.1) is 5.69 Å². The molecule has 0 unspecified atom stereocenters. The molecule has 0 amide bonds. The van der Waals surface area contributed by atoms with Crippen LogP contribution in [0.1, 0.15) is 0 Å². The SMILES string of the molecule is Cn1cc(N)c2c(=O)n(CC(F)(F)F)cnc21. The Kier molecular flexibility index (Phi) is 2.37. The first kappa shape index (κ1) is 11.5. The standard InChI is InChI=1S/C9H9F3N4O/c1-15-2-5(13)6-7(15)14-4-16(8(6)17)3-9(10,11)12/h2,4H,3,13H2,1H3. The Bertz CT molecular complexity index is 625. The van der Waals surface area contributed by atoms with Crippen molar-refractivity contribution in [2.75, 3.05) is 5.73 Å². The molecule has 0 radical (unpaired) electrons. The van der Waals surface area contributed by atoms with E-state index in [2.05, 4.69) is 4.98 Å². The van der Waals surface area contributed by atoms with Crippen LogP contribution < -0.4 is 11.3 Å². The van der Waals surface area contributed by atoms with Gasteiger partial charge in [-0.05, 0) is 0 Å². The van der Waals surface area contributed by atoms with E-state index in [0.29, 0.717) is 4.57 Å². The fraction of sp³-hybridized carbons (Fsp3) is 0.333. The van der Waals surface area contributed by atoms with Crippen LogP contribution in [0.5, 0.6) is 0 Å². The summed E-state index contributed by atoms with van der Waals surface area (Å²) in [4.78, 5) is 15.6. The van der Waals surface area contributed by atoms with Crippen molar-refractivity contribution >= 4 is 16.7 Å². The van der Waals surface area contributed by atoms with Crippen LogP contribution in [0.25, 0.3) is 11.0 Å². The van der Waals surface area contributed by atoms with E-state index < -0.39 is 18.3 Å². The van der Waals surface area contributed by atoms with Gasteiger partial charge in [0.25, 0.3) is 5.56 Å². The fourth-order valence-corrected chi connectivity index (χ4v) is 1.64. The maximum atomic E-state index is 12.2. The second-order valence-corrected chi connectivity index (χ2v) is 3.69. The molecule has 0 aliphatic carbocycles. The summed E-state index contributed by atoms with van der Waals surface area (Å²) in [5.41, 5.74) is 5.16. The van der Waals surface area contributed by atoms with Crippen molar-refractivity contribution in [3.63, 3.8) is 0 Å². The van der Waals surface area contributed by atoms with Gasteiger partial charge >= 0.3 is 6.18 Å². The van der Waals surface area contributed by atoms with Crippen molar-refractivity contribution in [1.29, 1.82) is 0 Å². The van der Waals surface area contributed by atoms with Gasteiger partial charge in [0.2, 0.25) is 0 Å².